The van der Waals surface area contributed by atoms with E-state index in [9.17, 15) is 9.90 Å². The number of amides is 1. The number of carbonyl (C=O) groups is 1. The van der Waals surface area contributed by atoms with Crippen LogP contribution < -0.4 is 0 Å². The predicted molar refractivity (Wildman–Crippen MR) is 91.6 cm³/mol. The highest BCUT2D eigenvalue weighted by Crippen LogP contribution is 2.26. The number of nitrogens with zero attached hydrogens (tertiary/aromatic N) is 7. The summed E-state index contributed by atoms with van der Waals surface area (Å²) in [4.78, 5) is 17.4. The van der Waals surface area contributed by atoms with E-state index >= 15 is 0 Å². The third kappa shape index (κ3) is 3.47. The first-order valence-electron chi connectivity index (χ1n) is 9.14. The van der Waals surface area contributed by atoms with E-state index in [1.807, 2.05) is 4.90 Å². The van der Waals surface area contributed by atoms with Gasteiger partial charge >= 0.3 is 0 Å². The van der Waals surface area contributed by atoms with Gasteiger partial charge in [0, 0.05) is 26.2 Å². The molecular weight excluding hydrogens is 336 g/mol. The van der Waals surface area contributed by atoms with Gasteiger partial charge in [-0.3, -0.25) is 9.89 Å². The number of nitrogens with one attached hydrogen (secondary N) is 1. The van der Waals surface area contributed by atoms with Gasteiger partial charge in [0.05, 0.1) is 6.20 Å². The summed E-state index contributed by atoms with van der Waals surface area (Å²) < 4.78 is 1.40. The number of aliphatic hydroxyl groups excluding tert-OH is 1. The van der Waals surface area contributed by atoms with Crippen molar-refractivity contribution in [3.05, 3.63) is 18.1 Å². The van der Waals surface area contributed by atoms with Crippen molar-refractivity contribution in [2.45, 2.75) is 19.3 Å². The summed E-state index contributed by atoms with van der Waals surface area (Å²) in [5.41, 5.74) is 0.441. The molecule has 0 unspecified atom stereocenters. The SMILES string of the molecule is O=C(c1cn[nH]c1-n1cnnn1)N1C[C@H](CO)C[C@H](CN2CCCC2)C1. The molecule has 2 aromatic rings. The summed E-state index contributed by atoms with van der Waals surface area (Å²) in [6.45, 7) is 4.63. The molecule has 0 saturated carbocycles. The van der Waals surface area contributed by atoms with E-state index in [0.29, 0.717) is 30.4 Å². The van der Waals surface area contributed by atoms with Gasteiger partial charge in [-0.25, -0.2) is 0 Å². The first kappa shape index (κ1) is 17.1. The van der Waals surface area contributed by atoms with Crippen LogP contribution in [0.1, 0.15) is 29.6 Å². The molecule has 2 saturated heterocycles. The number of hydrogen-bond donors (Lipinski definition) is 2. The zero-order valence-corrected chi connectivity index (χ0v) is 14.7. The lowest BCUT2D eigenvalue weighted by Crippen LogP contribution is -2.47. The Balaban J connectivity index is 1.50. The second-order valence-corrected chi connectivity index (χ2v) is 7.25. The molecule has 0 radical (unpaired) electrons. The Hall–Kier alpha value is -2.33. The predicted octanol–water partition coefficient (Wildman–Crippen LogP) is -0.448. The minimum Gasteiger partial charge on any atom is -0.396 e. The van der Waals surface area contributed by atoms with E-state index in [1.54, 1.807) is 0 Å². The van der Waals surface area contributed by atoms with Crippen LogP contribution in [0.3, 0.4) is 0 Å². The monoisotopic (exact) mass is 360 g/mol. The molecule has 0 spiro atoms. The molecule has 4 rings (SSSR count). The fraction of sp³-hybridized carbons (Fsp3) is 0.688. The summed E-state index contributed by atoms with van der Waals surface area (Å²) in [6.07, 6.45) is 6.40. The highest BCUT2D eigenvalue weighted by molar-refractivity contribution is 5.97. The second-order valence-electron chi connectivity index (χ2n) is 7.25. The Morgan fingerprint density at radius 2 is 2.08 bits per heavy atom. The fourth-order valence-corrected chi connectivity index (χ4v) is 4.12. The lowest BCUT2D eigenvalue weighted by atomic mass is 9.89. The maximum Gasteiger partial charge on any atom is 0.259 e. The van der Waals surface area contributed by atoms with Crippen LogP contribution in [0.15, 0.2) is 12.5 Å². The molecule has 10 heteroatoms. The van der Waals surface area contributed by atoms with Crippen molar-refractivity contribution in [1.29, 1.82) is 0 Å². The van der Waals surface area contributed by atoms with Crippen molar-refractivity contribution >= 4 is 5.91 Å². The first-order chi connectivity index (χ1) is 12.7. The molecule has 0 aliphatic carbocycles. The van der Waals surface area contributed by atoms with Crippen molar-refractivity contribution in [3.63, 3.8) is 0 Å². The van der Waals surface area contributed by atoms with Gasteiger partial charge < -0.3 is 14.9 Å². The van der Waals surface area contributed by atoms with Crippen molar-refractivity contribution in [2.75, 3.05) is 39.3 Å². The maximum atomic E-state index is 13.1. The van der Waals surface area contributed by atoms with Gasteiger partial charge in [0.2, 0.25) is 0 Å². The highest BCUT2D eigenvalue weighted by atomic mass is 16.3. The third-order valence-electron chi connectivity index (χ3n) is 5.31. The first-order valence-corrected chi connectivity index (χ1v) is 9.14. The summed E-state index contributed by atoms with van der Waals surface area (Å²) >= 11 is 0. The molecule has 26 heavy (non-hydrogen) atoms. The number of aromatic nitrogens is 6. The fourth-order valence-electron chi connectivity index (χ4n) is 4.12. The highest BCUT2D eigenvalue weighted by Gasteiger charge is 2.33. The van der Waals surface area contributed by atoms with Crippen molar-refractivity contribution in [3.8, 4) is 5.82 Å². The van der Waals surface area contributed by atoms with Crippen molar-refractivity contribution in [1.82, 2.24) is 40.2 Å². The van der Waals surface area contributed by atoms with E-state index in [0.717, 1.165) is 26.1 Å². The van der Waals surface area contributed by atoms with Crippen molar-refractivity contribution < 1.29 is 9.90 Å². The number of carbonyl (C=O) groups excluding carboxylic acids is 1. The number of H-pyrrole nitrogens is 1. The summed E-state index contributed by atoms with van der Waals surface area (Å²) in [5, 5.41) is 27.5. The number of hydrogen-bond acceptors (Lipinski definition) is 7. The van der Waals surface area contributed by atoms with E-state index in [4.69, 9.17) is 0 Å². The second kappa shape index (κ2) is 7.50. The number of tetrazole rings is 1. The Labute approximate surface area is 151 Å². The molecular formula is C16H24N8O2. The zero-order valence-electron chi connectivity index (χ0n) is 14.7. The number of aliphatic hydroxyl groups is 1. The summed E-state index contributed by atoms with van der Waals surface area (Å²) in [5.74, 6) is 0.853. The number of piperidine rings is 1. The van der Waals surface area contributed by atoms with Crippen molar-refractivity contribution in [2.24, 2.45) is 11.8 Å². The number of rotatable bonds is 5. The van der Waals surface area contributed by atoms with Crippen LogP contribution in [0.2, 0.25) is 0 Å². The van der Waals surface area contributed by atoms with E-state index in [2.05, 4.69) is 30.6 Å². The Bertz CT molecular complexity index is 724. The van der Waals surface area contributed by atoms with Gasteiger partial charge in [-0.2, -0.15) is 9.78 Å². The van der Waals surface area contributed by atoms with Gasteiger partial charge in [-0.15, -0.1) is 5.10 Å². The molecule has 2 aliphatic rings. The van der Waals surface area contributed by atoms with E-state index < -0.39 is 0 Å². The minimum absolute atomic E-state index is 0.103. The van der Waals surface area contributed by atoms with Crippen LogP contribution in [0.4, 0.5) is 0 Å². The minimum atomic E-state index is -0.103. The lowest BCUT2D eigenvalue weighted by Gasteiger charge is -2.38. The van der Waals surface area contributed by atoms with Gasteiger partial charge in [-0.1, -0.05) is 0 Å². The van der Waals surface area contributed by atoms with Crippen LogP contribution >= 0.6 is 0 Å². The van der Waals surface area contributed by atoms with Gasteiger partial charge in [0.15, 0.2) is 5.82 Å². The Morgan fingerprint density at radius 3 is 2.81 bits per heavy atom. The molecule has 0 aromatic carbocycles. The molecule has 0 bridgehead atoms. The van der Waals surface area contributed by atoms with Crippen LogP contribution in [-0.4, -0.2) is 90.5 Å². The molecule has 10 nitrogen and oxygen atoms in total. The average molecular weight is 360 g/mol. The third-order valence-corrected chi connectivity index (χ3v) is 5.31. The van der Waals surface area contributed by atoms with Crippen LogP contribution in [0, 0.1) is 11.8 Å². The zero-order chi connectivity index (χ0) is 17.9. The van der Waals surface area contributed by atoms with Gasteiger partial charge in [-0.05, 0) is 54.6 Å². The molecule has 1 amide bonds. The normalized spacial score (nSPS) is 24.3. The molecule has 2 fully saturated rings. The summed E-state index contributed by atoms with van der Waals surface area (Å²) in [7, 11) is 0. The molecule has 140 valence electrons. The van der Waals surface area contributed by atoms with Crippen LogP contribution in [-0.2, 0) is 0 Å². The Kier molecular flexibility index (Phi) is 4.93. The molecule has 2 N–H and O–H groups in total. The molecule has 2 aliphatic heterocycles. The Morgan fingerprint density at radius 1 is 1.27 bits per heavy atom. The quantitative estimate of drug-likeness (QED) is 0.742. The van der Waals surface area contributed by atoms with Gasteiger partial charge in [0.25, 0.3) is 5.91 Å². The maximum absolute atomic E-state index is 13.1. The smallest absolute Gasteiger partial charge is 0.259 e. The number of likely N-dealkylation sites (tertiary alicyclic amines) is 2. The lowest BCUT2D eigenvalue weighted by molar-refractivity contribution is 0.0465. The summed E-state index contributed by atoms with van der Waals surface area (Å²) in [6, 6.07) is 0. The largest absolute Gasteiger partial charge is 0.396 e. The van der Waals surface area contributed by atoms with Crippen LogP contribution in [0.5, 0.6) is 0 Å². The van der Waals surface area contributed by atoms with E-state index in [1.165, 1.54) is 30.0 Å². The molecule has 2 aromatic heterocycles. The molecule has 4 heterocycles. The topological polar surface area (TPSA) is 116 Å². The van der Waals surface area contributed by atoms with Gasteiger partial charge in [0.1, 0.15) is 11.9 Å². The standard InChI is InChI=1S/C16H24N8O2/c25-10-13-5-12(7-22-3-1-2-4-22)8-23(9-13)16(26)14-6-17-19-15(14)24-11-18-20-21-24/h6,11-13,25H,1-5,7-10H2,(H,17,19)/t12-,13-/m1/s1. The van der Waals surface area contributed by atoms with E-state index in [-0.39, 0.29) is 18.4 Å². The molecule has 2 atom stereocenters. The number of aromatic amines is 1. The average Bonchev–Trinajstić information content (AvgIpc) is 3.41. The van der Waals surface area contributed by atoms with Crippen LogP contribution in [0.25, 0.3) is 5.82 Å².